The second kappa shape index (κ2) is 8.49. The molecule has 0 aliphatic carbocycles. The highest BCUT2D eigenvalue weighted by molar-refractivity contribution is 7.99. The molecule has 0 atom stereocenters. The summed E-state index contributed by atoms with van der Waals surface area (Å²) in [7, 11) is 0. The van der Waals surface area contributed by atoms with E-state index < -0.39 is 0 Å². The maximum atomic E-state index is 12.4. The lowest BCUT2D eigenvalue weighted by molar-refractivity contribution is -0.129. The monoisotopic (exact) mass is 353 g/mol. The summed E-state index contributed by atoms with van der Waals surface area (Å²) >= 11 is 2.85. The second-order valence-corrected chi connectivity index (χ2v) is 8.10. The Kier molecular flexibility index (Phi) is 6.65. The van der Waals surface area contributed by atoms with Crippen LogP contribution in [0.15, 0.2) is 27.2 Å². The lowest BCUT2D eigenvalue weighted by Gasteiger charge is -2.26. The molecule has 0 aliphatic rings. The van der Waals surface area contributed by atoms with Crippen LogP contribution in [0.4, 0.5) is 0 Å². The van der Waals surface area contributed by atoms with Crippen LogP contribution in [0.25, 0.3) is 10.8 Å². The van der Waals surface area contributed by atoms with Gasteiger partial charge in [-0.3, -0.25) is 4.79 Å². The maximum Gasteiger partial charge on any atom is 0.277 e. The fourth-order valence-corrected chi connectivity index (χ4v) is 3.45. The fourth-order valence-electron chi connectivity index (χ4n) is 2.14. The van der Waals surface area contributed by atoms with Gasteiger partial charge >= 0.3 is 0 Å². The molecule has 0 aromatic carbocycles. The zero-order valence-electron chi connectivity index (χ0n) is 14.0. The van der Waals surface area contributed by atoms with Gasteiger partial charge in [0.1, 0.15) is 0 Å². The van der Waals surface area contributed by atoms with Crippen molar-refractivity contribution in [3.05, 3.63) is 17.5 Å². The Morgan fingerprint density at radius 1 is 1.26 bits per heavy atom. The van der Waals surface area contributed by atoms with E-state index in [1.54, 1.807) is 11.3 Å². The van der Waals surface area contributed by atoms with E-state index in [2.05, 4.69) is 37.9 Å². The number of nitrogens with zero attached hydrogens (tertiary/aromatic N) is 3. The third-order valence-electron chi connectivity index (χ3n) is 2.98. The Bertz CT molecular complexity index is 599. The average molecular weight is 354 g/mol. The summed E-state index contributed by atoms with van der Waals surface area (Å²) in [5.41, 5.74) is 0. The third kappa shape index (κ3) is 5.66. The van der Waals surface area contributed by atoms with Crippen molar-refractivity contribution >= 4 is 29.0 Å². The molecule has 7 heteroatoms. The van der Waals surface area contributed by atoms with Crippen molar-refractivity contribution in [3.63, 3.8) is 0 Å². The molecule has 2 aromatic rings. The van der Waals surface area contributed by atoms with Crippen LogP contribution >= 0.6 is 23.1 Å². The minimum atomic E-state index is 0.119. The van der Waals surface area contributed by atoms with E-state index in [0.717, 1.165) is 18.0 Å². The van der Waals surface area contributed by atoms with Gasteiger partial charge < -0.3 is 9.32 Å². The molecule has 0 radical (unpaired) electrons. The number of aromatic nitrogens is 2. The lowest BCUT2D eigenvalue weighted by Crippen LogP contribution is -2.38. The van der Waals surface area contributed by atoms with E-state index in [-0.39, 0.29) is 5.91 Å². The number of amides is 1. The van der Waals surface area contributed by atoms with Crippen LogP contribution in [0.5, 0.6) is 0 Å². The normalized spacial score (nSPS) is 11.4. The summed E-state index contributed by atoms with van der Waals surface area (Å²) in [6, 6.07) is 3.88. The molecule has 0 aliphatic heterocycles. The van der Waals surface area contributed by atoms with E-state index >= 15 is 0 Å². The van der Waals surface area contributed by atoms with Crippen LogP contribution in [-0.2, 0) is 4.79 Å². The van der Waals surface area contributed by atoms with Crippen LogP contribution in [0.2, 0.25) is 0 Å². The Balaban J connectivity index is 1.91. The maximum absolute atomic E-state index is 12.4. The molecule has 0 unspecified atom stereocenters. The van der Waals surface area contributed by atoms with E-state index in [4.69, 9.17) is 4.42 Å². The lowest BCUT2D eigenvalue weighted by atomic mass is 10.1. The molecule has 0 bridgehead atoms. The van der Waals surface area contributed by atoms with Gasteiger partial charge in [0, 0.05) is 13.1 Å². The van der Waals surface area contributed by atoms with E-state index in [9.17, 15) is 4.79 Å². The van der Waals surface area contributed by atoms with Gasteiger partial charge in [-0.05, 0) is 23.3 Å². The predicted molar refractivity (Wildman–Crippen MR) is 94.6 cm³/mol. The first-order chi connectivity index (χ1) is 11.0. The van der Waals surface area contributed by atoms with E-state index in [1.165, 1.54) is 11.8 Å². The van der Waals surface area contributed by atoms with Crippen molar-refractivity contribution in [3.8, 4) is 10.8 Å². The minimum Gasteiger partial charge on any atom is -0.410 e. The Morgan fingerprint density at radius 3 is 2.52 bits per heavy atom. The van der Waals surface area contributed by atoms with Crippen LogP contribution in [0.3, 0.4) is 0 Å². The van der Waals surface area contributed by atoms with Gasteiger partial charge in [-0.1, -0.05) is 45.5 Å². The van der Waals surface area contributed by atoms with Crippen LogP contribution in [-0.4, -0.2) is 39.8 Å². The molecule has 0 fully saturated rings. The van der Waals surface area contributed by atoms with Crippen molar-refractivity contribution in [1.82, 2.24) is 15.1 Å². The minimum absolute atomic E-state index is 0.119. The zero-order valence-corrected chi connectivity index (χ0v) is 15.6. The molecule has 0 saturated carbocycles. The number of rotatable bonds is 8. The predicted octanol–water partition coefficient (Wildman–Crippen LogP) is 4.03. The van der Waals surface area contributed by atoms with Gasteiger partial charge in [0.2, 0.25) is 5.91 Å². The second-order valence-electron chi connectivity index (χ2n) is 6.23. The van der Waals surface area contributed by atoms with Crippen molar-refractivity contribution in [1.29, 1.82) is 0 Å². The molecular weight excluding hydrogens is 330 g/mol. The van der Waals surface area contributed by atoms with Gasteiger partial charge in [0.25, 0.3) is 11.1 Å². The number of hydrogen-bond acceptors (Lipinski definition) is 6. The Morgan fingerprint density at radius 2 is 1.96 bits per heavy atom. The first-order valence-corrected chi connectivity index (χ1v) is 9.60. The standard InChI is InChI=1S/C16H23N3O2S2/c1-11(2)8-19(9-12(3)4)14(20)10-23-16-18-17-15(21-16)13-6-5-7-22-13/h5-7,11-12H,8-10H2,1-4H3. The SMILES string of the molecule is CC(C)CN(CC(C)C)C(=O)CSc1nnc(-c2cccs2)o1. The van der Waals surface area contributed by atoms with Crippen LogP contribution in [0.1, 0.15) is 27.7 Å². The Hall–Kier alpha value is -1.34. The molecule has 0 saturated heterocycles. The summed E-state index contributed by atoms with van der Waals surface area (Å²) < 4.78 is 5.60. The molecule has 2 rings (SSSR count). The first kappa shape index (κ1) is 18.0. The van der Waals surface area contributed by atoms with E-state index in [1.807, 2.05) is 22.4 Å². The number of carbonyl (C=O) groups is 1. The van der Waals surface area contributed by atoms with Gasteiger partial charge in [0.05, 0.1) is 10.6 Å². The zero-order chi connectivity index (χ0) is 16.8. The highest BCUT2D eigenvalue weighted by Gasteiger charge is 2.18. The summed E-state index contributed by atoms with van der Waals surface area (Å²) in [5.74, 6) is 1.86. The molecule has 23 heavy (non-hydrogen) atoms. The molecule has 2 heterocycles. The quantitative estimate of drug-likeness (QED) is 0.671. The van der Waals surface area contributed by atoms with E-state index in [0.29, 0.717) is 28.7 Å². The molecule has 126 valence electrons. The van der Waals surface area contributed by atoms with Gasteiger partial charge in [0.15, 0.2) is 0 Å². The molecule has 1 amide bonds. The summed E-state index contributed by atoms with van der Waals surface area (Å²) in [6.45, 7) is 10.1. The van der Waals surface area contributed by atoms with Crippen molar-refractivity contribution in [2.45, 2.75) is 32.9 Å². The molecule has 5 nitrogen and oxygen atoms in total. The van der Waals surface area contributed by atoms with Gasteiger partial charge in [-0.25, -0.2) is 0 Å². The molecule has 0 N–H and O–H groups in total. The van der Waals surface area contributed by atoms with Crippen molar-refractivity contribution < 1.29 is 9.21 Å². The smallest absolute Gasteiger partial charge is 0.277 e. The first-order valence-electron chi connectivity index (χ1n) is 7.73. The molecular formula is C16H23N3O2S2. The van der Waals surface area contributed by atoms with Crippen LogP contribution < -0.4 is 0 Å². The van der Waals surface area contributed by atoms with Crippen LogP contribution in [0, 0.1) is 11.8 Å². The van der Waals surface area contributed by atoms with Crippen molar-refractivity contribution in [2.75, 3.05) is 18.8 Å². The summed E-state index contributed by atoms with van der Waals surface area (Å²) in [6.07, 6.45) is 0. The van der Waals surface area contributed by atoms with Gasteiger partial charge in [-0.2, -0.15) is 0 Å². The number of hydrogen-bond donors (Lipinski definition) is 0. The molecule has 0 spiro atoms. The average Bonchev–Trinajstić information content (AvgIpc) is 3.13. The fraction of sp³-hybridized carbons (Fsp3) is 0.562. The van der Waals surface area contributed by atoms with Crippen molar-refractivity contribution in [2.24, 2.45) is 11.8 Å². The number of thioether (sulfide) groups is 1. The topological polar surface area (TPSA) is 59.2 Å². The Labute approximate surface area is 145 Å². The van der Waals surface area contributed by atoms with Gasteiger partial charge in [-0.15, -0.1) is 21.5 Å². The number of carbonyl (C=O) groups excluding carboxylic acids is 1. The summed E-state index contributed by atoms with van der Waals surface area (Å²) in [5, 5.41) is 10.4. The third-order valence-corrected chi connectivity index (χ3v) is 4.64. The highest BCUT2D eigenvalue weighted by Crippen LogP contribution is 2.26. The number of thiophene rings is 1. The highest BCUT2D eigenvalue weighted by atomic mass is 32.2. The molecule has 2 aromatic heterocycles. The largest absolute Gasteiger partial charge is 0.410 e. The summed E-state index contributed by atoms with van der Waals surface area (Å²) in [4.78, 5) is 15.3.